The van der Waals surface area contributed by atoms with E-state index in [4.69, 9.17) is 4.98 Å². The molecule has 0 bridgehead atoms. The third kappa shape index (κ3) is 2.46. The molecular weight excluding hydrogens is 274 g/mol. The van der Waals surface area contributed by atoms with Crippen LogP contribution < -0.4 is 10.2 Å². The highest BCUT2D eigenvalue weighted by Gasteiger charge is 2.31. The summed E-state index contributed by atoms with van der Waals surface area (Å²) in [6.45, 7) is 2.15. The average Bonchev–Trinajstić information content (AvgIpc) is 3.27. The number of rotatable bonds is 3. The molecular formula is C17H21N5. The first-order valence-corrected chi connectivity index (χ1v) is 8.14. The lowest BCUT2D eigenvalue weighted by Crippen LogP contribution is -2.27. The first kappa shape index (κ1) is 13.6. The number of hydrogen-bond acceptors (Lipinski definition) is 5. The van der Waals surface area contributed by atoms with E-state index < -0.39 is 0 Å². The molecule has 1 N–H and O–H groups in total. The molecule has 5 nitrogen and oxygen atoms in total. The second-order valence-corrected chi connectivity index (χ2v) is 6.04. The van der Waals surface area contributed by atoms with Gasteiger partial charge >= 0.3 is 0 Å². The van der Waals surface area contributed by atoms with Crippen molar-refractivity contribution >= 4 is 5.69 Å². The first-order chi connectivity index (χ1) is 10.9. The van der Waals surface area contributed by atoms with Crippen molar-refractivity contribution < 1.29 is 0 Å². The van der Waals surface area contributed by atoms with Crippen molar-refractivity contribution in [2.45, 2.75) is 37.8 Å². The molecule has 114 valence electrons. The topological polar surface area (TPSA) is 53.9 Å². The quantitative estimate of drug-likeness (QED) is 0.943. The second-order valence-electron chi connectivity index (χ2n) is 6.04. The number of aromatic nitrogens is 3. The van der Waals surface area contributed by atoms with Crippen molar-refractivity contribution in [3.05, 3.63) is 48.3 Å². The molecule has 0 spiro atoms. The highest BCUT2D eigenvalue weighted by molar-refractivity contribution is 5.54. The third-order valence-electron chi connectivity index (χ3n) is 4.69. The Hall–Kier alpha value is -2.01. The number of hydrogen-bond donors (Lipinski definition) is 1. The van der Waals surface area contributed by atoms with Gasteiger partial charge in [0, 0.05) is 25.1 Å². The van der Waals surface area contributed by atoms with Gasteiger partial charge in [-0.3, -0.25) is 15.0 Å². The molecule has 0 amide bonds. The van der Waals surface area contributed by atoms with Crippen molar-refractivity contribution in [2.75, 3.05) is 18.0 Å². The van der Waals surface area contributed by atoms with E-state index in [-0.39, 0.29) is 0 Å². The maximum absolute atomic E-state index is 4.69. The molecule has 0 aromatic carbocycles. The first-order valence-electron chi connectivity index (χ1n) is 8.14. The smallest absolute Gasteiger partial charge is 0.0811 e. The van der Waals surface area contributed by atoms with E-state index in [0.29, 0.717) is 12.1 Å². The Balaban J connectivity index is 1.69. The maximum Gasteiger partial charge on any atom is 0.0811 e. The van der Waals surface area contributed by atoms with Gasteiger partial charge in [0.15, 0.2) is 0 Å². The van der Waals surface area contributed by atoms with Gasteiger partial charge in [-0.25, -0.2) is 0 Å². The lowest BCUT2D eigenvalue weighted by atomic mass is 10.1. The van der Waals surface area contributed by atoms with Crippen LogP contribution in [0.4, 0.5) is 5.69 Å². The molecule has 2 aromatic rings. The zero-order valence-corrected chi connectivity index (χ0v) is 12.7. The summed E-state index contributed by atoms with van der Waals surface area (Å²) < 4.78 is 0. The zero-order chi connectivity index (χ0) is 14.8. The van der Waals surface area contributed by atoms with Gasteiger partial charge in [-0.05, 0) is 44.4 Å². The Kier molecular flexibility index (Phi) is 3.72. The Morgan fingerprint density at radius 2 is 2.09 bits per heavy atom. The highest BCUT2D eigenvalue weighted by atomic mass is 15.2. The Labute approximate surface area is 130 Å². The van der Waals surface area contributed by atoms with Crippen LogP contribution in [0, 0.1) is 0 Å². The van der Waals surface area contributed by atoms with E-state index in [1.54, 1.807) is 12.4 Å². The Morgan fingerprint density at radius 3 is 2.91 bits per heavy atom. The van der Waals surface area contributed by atoms with E-state index in [0.717, 1.165) is 25.2 Å². The summed E-state index contributed by atoms with van der Waals surface area (Å²) in [6.07, 6.45) is 12.1. The van der Waals surface area contributed by atoms with E-state index in [1.807, 2.05) is 18.5 Å². The van der Waals surface area contributed by atoms with Gasteiger partial charge in [0.25, 0.3) is 0 Å². The van der Waals surface area contributed by atoms with E-state index >= 15 is 0 Å². The minimum Gasteiger partial charge on any atom is -0.361 e. The van der Waals surface area contributed by atoms with Gasteiger partial charge < -0.3 is 10.2 Å². The van der Waals surface area contributed by atoms with E-state index in [1.165, 1.54) is 30.6 Å². The largest absolute Gasteiger partial charge is 0.361 e. The predicted octanol–water partition coefficient (Wildman–Crippen LogP) is 2.64. The van der Waals surface area contributed by atoms with Crippen molar-refractivity contribution in [3.63, 3.8) is 0 Å². The molecule has 2 aliphatic heterocycles. The highest BCUT2D eigenvalue weighted by Crippen LogP contribution is 2.38. The van der Waals surface area contributed by atoms with Crippen molar-refractivity contribution in [1.82, 2.24) is 20.3 Å². The summed E-state index contributed by atoms with van der Waals surface area (Å²) in [5.74, 6) is 0. The summed E-state index contributed by atoms with van der Waals surface area (Å²) in [4.78, 5) is 15.9. The SMILES string of the molecule is c1cnc(C2CCCN2)c(N2CCCC2c2cnccn2)c1. The van der Waals surface area contributed by atoms with Gasteiger partial charge in [-0.1, -0.05) is 0 Å². The van der Waals surface area contributed by atoms with Crippen LogP contribution in [0.1, 0.15) is 49.2 Å². The van der Waals surface area contributed by atoms with Crippen molar-refractivity contribution in [3.8, 4) is 0 Å². The summed E-state index contributed by atoms with van der Waals surface area (Å²) in [5.41, 5.74) is 3.51. The predicted molar refractivity (Wildman–Crippen MR) is 85.6 cm³/mol. The fourth-order valence-corrected chi connectivity index (χ4v) is 3.68. The molecule has 0 radical (unpaired) electrons. The molecule has 0 saturated carbocycles. The Bertz CT molecular complexity index is 624. The number of nitrogens with one attached hydrogen (secondary N) is 1. The van der Waals surface area contributed by atoms with Crippen LogP contribution in [0.3, 0.4) is 0 Å². The molecule has 2 unspecified atom stereocenters. The van der Waals surface area contributed by atoms with Gasteiger partial charge in [-0.15, -0.1) is 0 Å². The lowest BCUT2D eigenvalue weighted by molar-refractivity contribution is 0.616. The summed E-state index contributed by atoms with van der Waals surface area (Å²) in [7, 11) is 0. The van der Waals surface area contributed by atoms with Gasteiger partial charge in [0.05, 0.1) is 35.4 Å². The van der Waals surface area contributed by atoms with Gasteiger partial charge in [0.2, 0.25) is 0 Å². The maximum atomic E-state index is 4.69. The van der Waals surface area contributed by atoms with Crippen molar-refractivity contribution in [2.24, 2.45) is 0 Å². The van der Waals surface area contributed by atoms with Crippen LogP contribution in [0.2, 0.25) is 0 Å². The molecule has 2 aliphatic rings. The monoisotopic (exact) mass is 295 g/mol. The molecule has 2 atom stereocenters. The molecule has 2 saturated heterocycles. The van der Waals surface area contributed by atoms with Gasteiger partial charge in [-0.2, -0.15) is 0 Å². The minimum atomic E-state index is 0.318. The number of anilines is 1. The van der Waals surface area contributed by atoms with E-state index in [2.05, 4.69) is 26.3 Å². The Morgan fingerprint density at radius 1 is 1.09 bits per heavy atom. The lowest BCUT2D eigenvalue weighted by Gasteiger charge is -2.29. The third-order valence-corrected chi connectivity index (χ3v) is 4.69. The number of nitrogens with zero attached hydrogens (tertiary/aromatic N) is 4. The molecule has 22 heavy (non-hydrogen) atoms. The fraction of sp³-hybridized carbons (Fsp3) is 0.471. The fourth-order valence-electron chi connectivity index (χ4n) is 3.68. The van der Waals surface area contributed by atoms with Crippen LogP contribution in [-0.4, -0.2) is 28.0 Å². The molecule has 2 aromatic heterocycles. The second kappa shape index (κ2) is 6.01. The average molecular weight is 295 g/mol. The van der Waals surface area contributed by atoms with Crippen LogP contribution in [-0.2, 0) is 0 Å². The normalized spacial score (nSPS) is 24.8. The van der Waals surface area contributed by atoms with Crippen LogP contribution in [0.25, 0.3) is 0 Å². The molecule has 2 fully saturated rings. The molecule has 4 heterocycles. The molecule has 5 heteroatoms. The summed E-state index contributed by atoms with van der Waals surface area (Å²) in [6, 6.07) is 4.95. The van der Waals surface area contributed by atoms with Crippen LogP contribution in [0.15, 0.2) is 36.9 Å². The summed E-state index contributed by atoms with van der Waals surface area (Å²) in [5, 5.41) is 3.57. The van der Waals surface area contributed by atoms with E-state index in [9.17, 15) is 0 Å². The number of pyridine rings is 1. The standard InChI is InChI=1S/C17H21N5/c1-4-13(19-7-1)17-16(5-2-8-21-17)22-11-3-6-15(22)14-12-18-9-10-20-14/h2,5,8-10,12-13,15,19H,1,3-4,6-7,11H2. The van der Waals surface area contributed by atoms with Crippen molar-refractivity contribution in [1.29, 1.82) is 0 Å². The molecule has 4 rings (SSSR count). The summed E-state index contributed by atoms with van der Waals surface area (Å²) >= 11 is 0. The molecule has 0 aliphatic carbocycles. The van der Waals surface area contributed by atoms with Crippen LogP contribution in [0.5, 0.6) is 0 Å². The zero-order valence-electron chi connectivity index (χ0n) is 12.7. The van der Waals surface area contributed by atoms with Crippen LogP contribution >= 0.6 is 0 Å². The minimum absolute atomic E-state index is 0.318. The van der Waals surface area contributed by atoms with Gasteiger partial charge in [0.1, 0.15) is 0 Å².